The Morgan fingerprint density at radius 3 is 2.05 bits per heavy atom. The summed E-state index contributed by atoms with van der Waals surface area (Å²) in [6.07, 6.45) is 1.58. The van der Waals surface area contributed by atoms with Crippen molar-refractivity contribution < 1.29 is 26.5 Å². The SMILES string of the molecule is Fc1c(F)c(F)c(N2C[N+]3=C(CCC3)N2)c(F)c1F. The van der Waals surface area contributed by atoms with Crippen LogP contribution in [-0.2, 0) is 0 Å². The molecular formula is C11H9F5N3+. The number of nitrogens with one attached hydrogen (secondary N) is 1. The van der Waals surface area contributed by atoms with Crippen LogP contribution in [0.15, 0.2) is 0 Å². The molecule has 0 atom stereocenters. The van der Waals surface area contributed by atoms with Crippen LogP contribution >= 0.6 is 0 Å². The van der Waals surface area contributed by atoms with Crippen molar-refractivity contribution in [2.45, 2.75) is 12.8 Å². The molecule has 3 rings (SSSR count). The molecular weight excluding hydrogens is 269 g/mol. The minimum absolute atomic E-state index is 0.0493. The smallest absolute Gasteiger partial charge is 0.242 e. The van der Waals surface area contributed by atoms with E-state index >= 15 is 0 Å². The van der Waals surface area contributed by atoms with Crippen molar-refractivity contribution in [3.05, 3.63) is 29.1 Å². The average Bonchev–Trinajstić information content (AvgIpc) is 2.95. The lowest BCUT2D eigenvalue weighted by Gasteiger charge is -2.16. The van der Waals surface area contributed by atoms with Crippen molar-refractivity contribution in [1.82, 2.24) is 5.43 Å². The molecule has 0 saturated heterocycles. The van der Waals surface area contributed by atoms with Crippen LogP contribution in [-0.4, -0.2) is 23.6 Å². The van der Waals surface area contributed by atoms with Crippen molar-refractivity contribution in [3.63, 3.8) is 0 Å². The van der Waals surface area contributed by atoms with E-state index in [1.807, 2.05) is 0 Å². The molecule has 0 bridgehead atoms. The van der Waals surface area contributed by atoms with Gasteiger partial charge in [-0.1, -0.05) is 0 Å². The first-order valence-corrected chi connectivity index (χ1v) is 5.67. The predicted octanol–water partition coefficient (Wildman–Crippen LogP) is 1.87. The Bertz CT molecular complexity index is 553. The summed E-state index contributed by atoms with van der Waals surface area (Å²) in [5, 5.41) is 0.935. The zero-order chi connectivity index (χ0) is 13.7. The highest BCUT2D eigenvalue weighted by atomic mass is 19.2. The van der Waals surface area contributed by atoms with Gasteiger partial charge in [0.05, 0.1) is 13.0 Å². The van der Waals surface area contributed by atoms with E-state index in [0.29, 0.717) is 13.0 Å². The fourth-order valence-corrected chi connectivity index (χ4v) is 2.33. The Labute approximate surface area is 104 Å². The van der Waals surface area contributed by atoms with Gasteiger partial charge in [0.2, 0.25) is 5.82 Å². The Balaban J connectivity index is 2.03. The lowest BCUT2D eigenvalue weighted by Crippen LogP contribution is -2.38. The average molecular weight is 278 g/mol. The van der Waals surface area contributed by atoms with Gasteiger partial charge in [-0.3, -0.25) is 0 Å². The summed E-state index contributed by atoms with van der Waals surface area (Å²) in [4.78, 5) is 0. The third kappa shape index (κ3) is 1.66. The summed E-state index contributed by atoms with van der Waals surface area (Å²) >= 11 is 0. The van der Waals surface area contributed by atoms with Crippen molar-refractivity contribution in [2.24, 2.45) is 0 Å². The minimum Gasteiger partial charge on any atom is -0.242 e. The largest absolute Gasteiger partial charge is 0.270 e. The number of halogens is 5. The molecule has 1 aromatic rings. The summed E-state index contributed by atoms with van der Waals surface area (Å²) in [7, 11) is 0. The number of benzene rings is 1. The second kappa shape index (κ2) is 4.07. The summed E-state index contributed by atoms with van der Waals surface area (Å²) in [5.41, 5.74) is 1.72. The molecule has 0 fully saturated rings. The van der Waals surface area contributed by atoms with E-state index in [1.165, 1.54) is 0 Å². The molecule has 2 aliphatic heterocycles. The van der Waals surface area contributed by atoms with Crippen LogP contribution in [0.2, 0.25) is 0 Å². The van der Waals surface area contributed by atoms with Crippen molar-refractivity contribution in [1.29, 1.82) is 0 Å². The molecule has 0 spiro atoms. The fraction of sp³-hybridized carbons (Fsp3) is 0.364. The maximum absolute atomic E-state index is 13.6. The summed E-state index contributed by atoms with van der Waals surface area (Å²) in [6.45, 7) is 0.738. The van der Waals surface area contributed by atoms with Gasteiger partial charge in [-0.2, -0.15) is 10.4 Å². The molecule has 1 aromatic carbocycles. The zero-order valence-corrected chi connectivity index (χ0v) is 9.61. The van der Waals surface area contributed by atoms with Gasteiger partial charge >= 0.3 is 0 Å². The molecule has 0 aliphatic carbocycles. The second-order valence-corrected chi connectivity index (χ2v) is 4.41. The van der Waals surface area contributed by atoms with Crippen LogP contribution in [0, 0.1) is 29.1 Å². The van der Waals surface area contributed by atoms with Crippen LogP contribution < -0.4 is 10.4 Å². The maximum Gasteiger partial charge on any atom is 0.270 e. The number of amidine groups is 1. The van der Waals surface area contributed by atoms with Gasteiger partial charge in [-0.15, -0.1) is 0 Å². The number of hydrazine groups is 1. The lowest BCUT2D eigenvalue weighted by molar-refractivity contribution is -0.511. The maximum atomic E-state index is 13.6. The van der Waals surface area contributed by atoms with Gasteiger partial charge in [0, 0.05) is 0 Å². The first-order valence-electron chi connectivity index (χ1n) is 5.67. The van der Waals surface area contributed by atoms with Crippen LogP contribution in [0.3, 0.4) is 0 Å². The minimum atomic E-state index is -2.15. The normalized spacial score (nSPS) is 18.1. The monoisotopic (exact) mass is 278 g/mol. The second-order valence-electron chi connectivity index (χ2n) is 4.41. The zero-order valence-electron chi connectivity index (χ0n) is 9.61. The van der Waals surface area contributed by atoms with Crippen LogP contribution in [0.5, 0.6) is 0 Å². The van der Waals surface area contributed by atoms with E-state index in [9.17, 15) is 22.0 Å². The molecule has 102 valence electrons. The Hall–Kier alpha value is -1.86. The summed E-state index contributed by atoms with van der Waals surface area (Å²) in [5.74, 6) is -8.95. The van der Waals surface area contributed by atoms with E-state index in [2.05, 4.69) is 5.43 Å². The van der Waals surface area contributed by atoms with E-state index in [4.69, 9.17) is 0 Å². The van der Waals surface area contributed by atoms with Crippen molar-refractivity contribution in [2.75, 3.05) is 18.2 Å². The third-order valence-corrected chi connectivity index (χ3v) is 3.26. The van der Waals surface area contributed by atoms with E-state index in [1.54, 1.807) is 4.58 Å². The van der Waals surface area contributed by atoms with Gasteiger partial charge in [-0.05, 0) is 6.42 Å². The number of nitrogens with zero attached hydrogens (tertiary/aromatic N) is 2. The van der Waals surface area contributed by atoms with E-state index < -0.39 is 34.8 Å². The van der Waals surface area contributed by atoms with Crippen LogP contribution in [0.1, 0.15) is 12.8 Å². The summed E-state index contributed by atoms with van der Waals surface area (Å²) in [6, 6.07) is 0. The molecule has 1 N–H and O–H groups in total. The fourth-order valence-electron chi connectivity index (χ4n) is 2.33. The molecule has 8 heteroatoms. The van der Waals surface area contributed by atoms with Gasteiger partial charge in [-0.25, -0.2) is 26.5 Å². The first-order chi connectivity index (χ1) is 9.00. The Kier molecular flexibility index (Phi) is 2.61. The molecule has 3 nitrogen and oxygen atoms in total. The highest BCUT2D eigenvalue weighted by molar-refractivity contribution is 5.81. The Morgan fingerprint density at radius 2 is 1.47 bits per heavy atom. The van der Waals surface area contributed by atoms with Gasteiger partial charge in [0.15, 0.2) is 35.6 Å². The highest BCUT2D eigenvalue weighted by Gasteiger charge is 2.38. The lowest BCUT2D eigenvalue weighted by atomic mass is 10.2. The van der Waals surface area contributed by atoms with Crippen LogP contribution in [0.4, 0.5) is 27.6 Å². The standard InChI is InChI=1S/C11H8F5N3/c12-6-7(13)9(15)11(10(16)8(6)14)19-4-18-3-1-2-5(18)17-19/h1-4H2/p+1. The van der Waals surface area contributed by atoms with Gasteiger partial charge in [0.25, 0.3) is 5.84 Å². The molecule has 19 heavy (non-hydrogen) atoms. The number of hydrogen-bond acceptors (Lipinski definition) is 2. The molecule has 2 aliphatic rings. The topological polar surface area (TPSA) is 18.3 Å². The molecule has 2 heterocycles. The number of hydrogen-bond donors (Lipinski definition) is 1. The molecule has 0 unspecified atom stereocenters. The quantitative estimate of drug-likeness (QED) is 0.366. The molecule has 0 amide bonds. The third-order valence-electron chi connectivity index (χ3n) is 3.26. The van der Waals surface area contributed by atoms with Crippen molar-refractivity contribution >= 4 is 11.5 Å². The molecule has 0 aromatic heterocycles. The molecule has 0 saturated carbocycles. The molecule has 0 radical (unpaired) electrons. The highest BCUT2D eigenvalue weighted by Crippen LogP contribution is 2.30. The first kappa shape index (κ1) is 12.2. The Morgan fingerprint density at radius 1 is 0.895 bits per heavy atom. The van der Waals surface area contributed by atoms with Gasteiger partial charge in [0.1, 0.15) is 0 Å². The van der Waals surface area contributed by atoms with Crippen LogP contribution in [0.25, 0.3) is 0 Å². The number of anilines is 1. The van der Waals surface area contributed by atoms with E-state index in [-0.39, 0.29) is 6.67 Å². The number of rotatable bonds is 1. The van der Waals surface area contributed by atoms with E-state index in [0.717, 1.165) is 17.3 Å². The summed E-state index contributed by atoms with van der Waals surface area (Å²) < 4.78 is 68.1. The van der Waals surface area contributed by atoms with Crippen molar-refractivity contribution in [3.8, 4) is 0 Å². The van der Waals surface area contributed by atoms with Gasteiger partial charge < -0.3 is 0 Å². The predicted molar refractivity (Wildman–Crippen MR) is 56.1 cm³/mol.